The minimum absolute atomic E-state index is 0.668. The molecule has 0 amide bonds. The van der Waals surface area contributed by atoms with Crippen LogP contribution in [0, 0.1) is 11.8 Å². The summed E-state index contributed by atoms with van der Waals surface area (Å²) in [5, 5.41) is 0. The zero-order chi connectivity index (χ0) is 18.0. The molecule has 0 N–H and O–H groups in total. The average Bonchev–Trinajstić information content (AvgIpc) is 2.70. The summed E-state index contributed by atoms with van der Waals surface area (Å²) in [5.74, 6) is -0.353. The molecular formula is C18H34O6Si. The molecule has 0 unspecified atom stereocenters. The van der Waals surface area contributed by atoms with E-state index in [0.29, 0.717) is 11.8 Å². The Balaban J connectivity index is 1.81. The molecule has 6 nitrogen and oxygen atoms in total. The summed E-state index contributed by atoms with van der Waals surface area (Å²) in [6.45, 7) is 8.65. The van der Waals surface area contributed by atoms with Gasteiger partial charge in [-0.3, -0.25) is 0 Å². The third kappa shape index (κ3) is 4.46. The zero-order valence-electron chi connectivity index (χ0n) is 16.2. The Bertz CT molecular complexity index is 389. The maximum Gasteiger partial charge on any atom is 0.409 e. The van der Waals surface area contributed by atoms with E-state index in [1.165, 1.54) is 0 Å². The van der Waals surface area contributed by atoms with E-state index in [4.69, 9.17) is 28.7 Å². The first-order valence-electron chi connectivity index (χ1n) is 10.0. The molecular weight excluding hydrogens is 340 g/mol. The van der Waals surface area contributed by atoms with Gasteiger partial charge in [0, 0.05) is 25.7 Å². The van der Waals surface area contributed by atoms with Gasteiger partial charge in [0.2, 0.25) is 11.6 Å². The van der Waals surface area contributed by atoms with Crippen molar-refractivity contribution in [2.45, 2.75) is 103 Å². The van der Waals surface area contributed by atoms with Crippen molar-refractivity contribution in [3.05, 3.63) is 0 Å². The van der Waals surface area contributed by atoms with Crippen LogP contribution in [0.5, 0.6) is 0 Å². The first-order chi connectivity index (χ1) is 11.9. The van der Waals surface area contributed by atoms with Crippen molar-refractivity contribution in [1.29, 1.82) is 0 Å². The van der Waals surface area contributed by atoms with E-state index < -0.39 is 20.1 Å². The van der Waals surface area contributed by atoms with Crippen LogP contribution in [0.1, 0.15) is 79.1 Å². The third-order valence-electron chi connectivity index (χ3n) is 6.19. The summed E-state index contributed by atoms with van der Waals surface area (Å²) >= 11 is 0. The monoisotopic (exact) mass is 374 g/mol. The van der Waals surface area contributed by atoms with Gasteiger partial charge in [-0.15, -0.1) is 0 Å². The van der Waals surface area contributed by atoms with Gasteiger partial charge in [0.05, 0.1) is 0 Å². The molecule has 2 spiro atoms. The molecule has 3 fully saturated rings. The van der Waals surface area contributed by atoms with Gasteiger partial charge in [0.25, 0.3) is 0 Å². The first kappa shape index (κ1) is 19.7. The zero-order valence-corrected chi connectivity index (χ0v) is 17.2. The molecule has 3 rings (SSSR count). The Morgan fingerprint density at radius 1 is 0.680 bits per heavy atom. The summed E-state index contributed by atoms with van der Waals surface area (Å²) in [4.78, 5) is 23.6. The molecule has 0 aromatic heterocycles. The number of hydrogen-bond donors (Lipinski definition) is 0. The summed E-state index contributed by atoms with van der Waals surface area (Å²) < 4.78 is 11.8. The fourth-order valence-electron chi connectivity index (χ4n) is 3.72. The molecule has 146 valence electrons. The summed E-state index contributed by atoms with van der Waals surface area (Å²) in [6.07, 6.45) is 7.18. The minimum Gasteiger partial charge on any atom is -0.245 e. The summed E-state index contributed by atoms with van der Waals surface area (Å²) in [6, 6.07) is 1.50. The Kier molecular flexibility index (Phi) is 6.25. The normalized spacial score (nSPS) is 42.7. The van der Waals surface area contributed by atoms with Crippen LogP contribution < -0.4 is 0 Å². The standard InChI is InChI=1S/C18H34O6Si/c1-5-25(6-2)23-21-17(11-7-15(3)8-12-17)19-20-18(22-24-25)13-9-16(4)10-14-18/h15-16H,5-14H2,1-4H3. The van der Waals surface area contributed by atoms with Crippen LogP contribution in [0.2, 0.25) is 12.1 Å². The molecule has 1 aliphatic heterocycles. The molecule has 0 bridgehead atoms. The van der Waals surface area contributed by atoms with Gasteiger partial charge in [-0.2, -0.15) is 9.78 Å². The summed E-state index contributed by atoms with van der Waals surface area (Å²) in [5.41, 5.74) is 0. The van der Waals surface area contributed by atoms with Crippen molar-refractivity contribution in [1.82, 2.24) is 0 Å². The molecule has 2 saturated carbocycles. The fraction of sp³-hybridized carbons (Fsp3) is 1.00. The Morgan fingerprint density at radius 2 is 1.04 bits per heavy atom. The van der Waals surface area contributed by atoms with Crippen LogP contribution in [0.15, 0.2) is 0 Å². The second-order valence-electron chi connectivity index (χ2n) is 8.30. The van der Waals surface area contributed by atoms with Crippen LogP contribution in [0.3, 0.4) is 0 Å². The third-order valence-corrected chi connectivity index (χ3v) is 9.11. The molecule has 0 aromatic rings. The van der Waals surface area contributed by atoms with Crippen LogP contribution in [-0.4, -0.2) is 20.1 Å². The van der Waals surface area contributed by atoms with Crippen LogP contribution in [-0.2, 0) is 28.7 Å². The molecule has 0 atom stereocenters. The second-order valence-corrected chi connectivity index (χ2v) is 11.9. The van der Waals surface area contributed by atoms with E-state index in [0.717, 1.165) is 63.5 Å². The molecule has 25 heavy (non-hydrogen) atoms. The Hall–Kier alpha value is -0.0231. The Morgan fingerprint density at radius 3 is 1.36 bits per heavy atom. The van der Waals surface area contributed by atoms with Crippen molar-refractivity contribution in [3.8, 4) is 0 Å². The van der Waals surface area contributed by atoms with Gasteiger partial charge in [-0.1, -0.05) is 27.7 Å². The minimum atomic E-state index is -2.60. The quantitative estimate of drug-likeness (QED) is 0.493. The van der Waals surface area contributed by atoms with Crippen molar-refractivity contribution in [2.24, 2.45) is 11.8 Å². The molecule has 2 aliphatic carbocycles. The molecule has 3 aliphatic rings. The van der Waals surface area contributed by atoms with Crippen molar-refractivity contribution in [3.63, 3.8) is 0 Å². The van der Waals surface area contributed by atoms with Crippen LogP contribution in [0.4, 0.5) is 0 Å². The fourth-order valence-corrected chi connectivity index (χ4v) is 5.33. The highest BCUT2D eigenvalue weighted by molar-refractivity contribution is 6.66. The van der Waals surface area contributed by atoms with Gasteiger partial charge in [0.1, 0.15) is 0 Å². The maximum atomic E-state index is 5.92. The van der Waals surface area contributed by atoms with Gasteiger partial charge in [0.15, 0.2) is 0 Å². The average molecular weight is 375 g/mol. The van der Waals surface area contributed by atoms with Crippen molar-refractivity contribution < 1.29 is 28.7 Å². The smallest absolute Gasteiger partial charge is 0.245 e. The SMILES string of the molecule is CC[Si]1(CC)OOC2(CCC(C)CC2)OOC2(CCC(C)CC2)OO1. The van der Waals surface area contributed by atoms with Gasteiger partial charge in [-0.05, 0) is 49.6 Å². The molecule has 0 radical (unpaired) electrons. The largest absolute Gasteiger partial charge is 0.409 e. The lowest BCUT2D eigenvalue weighted by atomic mass is 9.86. The van der Waals surface area contributed by atoms with Gasteiger partial charge >= 0.3 is 8.56 Å². The first-order valence-corrected chi connectivity index (χ1v) is 12.3. The second kappa shape index (κ2) is 7.92. The van der Waals surface area contributed by atoms with Gasteiger partial charge in [-0.25, -0.2) is 18.9 Å². The van der Waals surface area contributed by atoms with E-state index >= 15 is 0 Å². The van der Waals surface area contributed by atoms with E-state index in [1.807, 2.05) is 0 Å². The molecule has 1 heterocycles. The highest BCUT2D eigenvalue weighted by Crippen LogP contribution is 2.43. The van der Waals surface area contributed by atoms with Crippen LogP contribution >= 0.6 is 0 Å². The highest BCUT2D eigenvalue weighted by atomic mass is 28.4. The lowest BCUT2D eigenvalue weighted by Gasteiger charge is -2.40. The lowest BCUT2D eigenvalue weighted by molar-refractivity contribution is -0.556. The van der Waals surface area contributed by atoms with Gasteiger partial charge < -0.3 is 0 Å². The maximum absolute atomic E-state index is 5.92. The summed E-state index contributed by atoms with van der Waals surface area (Å²) in [7, 11) is -2.60. The molecule has 7 heteroatoms. The lowest BCUT2D eigenvalue weighted by Crippen LogP contribution is -2.46. The van der Waals surface area contributed by atoms with E-state index in [9.17, 15) is 0 Å². The van der Waals surface area contributed by atoms with Crippen molar-refractivity contribution >= 4 is 8.56 Å². The molecule has 1 saturated heterocycles. The highest BCUT2D eigenvalue weighted by Gasteiger charge is 2.51. The van der Waals surface area contributed by atoms with E-state index in [-0.39, 0.29) is 0 Å². The van der Waals surface area contributed by atoms with Crippen molar-refractivity contribution in [2.75, 3.05) is 0 Å². The number of rotatable bonds is 2. The molecule has 0 aromatic carbocycles. The topological polar surface area (TPSA) is 55.4 Å². The number of hydrogen-bond acceptors (Lipinski definition) is 6. The van der Waals surface area contributed by atoms with E-state index in [1.54, 1.807) is 0 Å². The van der Waals surface area contributed by atoms with Crippen LogP contribution in [0.25, 0.3) is 0 Å². The predicted octanol–water partition coefficient (Wildman–Crippen LogP) is 5.14. The predicted molar refractivity (Wildman–Crippen MR) is 94.0 cm³/mol. The van der Waals surface area contributed by atoms with E-state index in [2.05, 4.69) is 27.7 Å². The Labute approximate surface area is 152 Å².